The number of carbonyl (C=O) groups excluding carboxylic acids is 1. The van der Waals surface area contributed by atoms with Crippen LogP contribution in [-0.4, -0.2) is 60.1 Å². The van der Waals surface area contributed by atoms with Crippen molar-refractivity contribution in [3.63, 3.8) is 0 Å². The number of hydrogen-bond acceptors (Lipinski definition) is 6. The second kappa shape index (κ2) is 10.6. The van der Waals surface area contributed by atoms with Gasteiger partial charge >= 0.3 is 6.01 Å². The van der Waals surface area contributed by atoms with Crippen molar-refractivity contribution < 1.29 is 9.53 Å². The zero-order valence-electron chi connectivity index (χ0n) is 18.0. The Labute approximate surface area is 174 Å². The van der Waals surface area contributed by atoms with Crippen molar-refractivity contribution in [3.8, 4) is 6.01 Å². The van der Waals surface area contributed by atoms with Gasteiger partial charge in [0.2, 0.25) is 5.91 Å². The Hall–Kier alpha value is -2.15. The van der Waals surface area contributed by atoms with Crippen LogP contribution < -0.4 is 15.0 Å². The molecule has 7 nitrogen and oxygen atoms in total. The summed E-state index contributed by atoms with van der Waals surface area (Å²) in [6.07, 6.45) is 7.05. The first kappa shape index (κ1) is 21.6. The highest BCUT2D eigenvalue weighted by Gasteiger charge is 2.26. The summed E-state index contributed by atoms with van der Waals surface area (Å²) in [7, 11) is 0. The second-order valence-electron chi connectivity index (χ2n) is 7.93. The topological polar surface area (TPSA) is 70.6 Å². The Morgan fingerprint density at radius 3 is 2.76 bits per heavy atom. The van der Waals surface area contributed by atoms with Crippen molar-refractivity contribution in [1.82, 2.24) is 20.2 Å². The van der Waals surface area contributed by atoms with Gasteiger partial charge in [-0.1, -0.05) is 39.7 Å². The van der Waals surface area contributed by atoms with Crippen LogP contribution >= 0.6 is 0 Å². The summed E-state index contributed by atoms with van der Waals surface area (Å²) in [4.78, 5) is 25.5. The van der Waals surface area contributed by atoms with Gasteiger partial charge in [-0.15, -0.1) is 0 Å². The first-order chi connectivity index (χ1) is 14.2. The number of hydrogen-bond donors (Lipinski definition) is 1. The molecule has 2 aliphatic rings. The Bertz CT molecular complexity index is 701. The van der Waals surface area contributed by atoms with Crippen molar-refractivity contribution in [2.45, 2.75) is 52.5 Å². The molecule has 1 atom stereocenters. The zero-order chi connectivity index (χ0) is 20.6. The lowest BCUT2D eigenvalue weighted by Crippen LogP contribution is -2.49. The molecule has 0 aliphatic carbocycles. The van der Waals surface area contributed by atoms with Gasteiger partial charge in [-0.3, -0.25) is 4.79 Å². The summed E-state index contributed by atoms with van der Waals surface area (Å²) >= 11 is 0. The van der Waals surface area contributed by atoms with E-state index in [-0.39, 0.29) is 5.91 Å². The van der Waals surface area contributed by atoms with Gasteiger partial charge < -0.3 is 19.9 Å². The normalized spacial score (nSPS) is 17.6. The number of aromatic nitrogens is 2. The van der Waals surface area contributed by atoms with Gasteiger partial charge in [-0.25, -0.2) is 0 Å². The number of ether oxygens (including phenoxy) is 1. The summed E-state index contributed by atoms with van der Waals surface area (Å²) in [5.74, 6) is 1.53. The fourth-order valence-corrected chi connectivity index (χ4v) is 4.00. The first-order valence-electron chi connectivity index (χ1n) is 11.1. The van der Waals surface area contributed by atoms with E-state index in [1.54, 1.807) is 0 Å². The quantitative estimate of drug-likeness (QED) is 0.641. The van der Waals surface area contributed by atoms with Gasteiger partial charge in [0.1, 0.15) is 5.82 Å². The molecule has 29 heavy (non-hydrogen) atoms. The van der Waals surface area contributed by atoms with Gasteiger partial charge in [0.25, 0.3) is 0 Å². The van der Waals surface area contributed by atoms with E-state index in [0.29, 0.717) is 31.6 Å². The molecule has 0 radical (unpaired) electrons. The monoisotopic (exact) mass is 401 g/mol. The Kier molecular flexibility index (Phi) is 7.86. The fraction of sp³-hybridized carbons (Fsp3) is 0.682. The summed E-state index contributed by atoms with van der Waals surface area (Å²) < 4.78 is 6.08. The van der Waals surface area contributed by atoms with Crippen LogP contribution in [0.15, 0.2) is 12.7 Å². The standard InChI is InChI=1S/C22H35N5O2/c1-4-7-8-17(5-2)16-29-22-24-19-15-23-10-9-18(19)21(25-22)27-13-11-26(12-14-27)20(28)6-3/h6,17,23H,3-5,7-16H2,1-2H3. The summed E-state index contributed by atoms with van der Waals surface area (Å²) in [5, 5.41) is 3.40. The van der Waals surface area contributed by atoms with Crippen molar-refractivity contribution in [2.24, 2.45) is 5.92 Å². The zero-order valence-corrected chi connectivity index (χ0v) is 18.0. The maximum Gasteiger partial charge on any atom is 0.318 e. The summed E-state index contributed by atoms with van der Waals surface area (Å²) in [5.41, 5.74) is 2.26. The molecule has 1 fully saturated rings. The lowest BCUT2D eigenvalue weighted by molar-refractivity contribution is -0.126. The van der Waals surface area contributed by atoms with Crippen LogP contribution in [0.1, 0.15) is 50.8 Å². The minimum Gasteiger partial charge on any atom is -0.463 e. The second-order valence-corrected chi connectivity index (χ2v) is 7.93. The van der Waals surface area contributed by atoms with Crippen molar-refractivity contribution in [3.05, 3.63) is 23.9 Å². The molecule has 1 N–H and O–H groups in total. The fourth-order valence-electron chi connectivity index (χ4n) is 4.00. The molecule has 0 aromatic carbocycles. The van der Waals surface area contributed by atoms with E-state index in [1.807, 2.05) is 4.90 Å². The van der Waals surface area contributed by atoms with E-state index in [2.05, 4.69) is 30.6 Å². The predicted molar refractivity (Wildman–Crippen MR) is 115 cm³/mol. The van der Waals surface area contributed by atoms with Crippen LogP contribution in [0.25, 0.3) is 0 Å². The van der Waals surface area contributed by atoms with Gasteiger partial charge in [0.05, 0.1) is 12.3 Å². The van der Waals surface area contributed by atoms with E-state index in [9.17, 15) is 4.79 Å². The largest absolute Gasteiger partial charge is 0.463 e. The highest BCUT2D eigenvalue weighted by atomic mass is 16.5. The maximum atomic E-state index is 11.9. The number of anilines is 1. The van der Waals surface area contributed by atoms with E-state index < -0.39 is 0 Å². The van der Waals surface area contributed by atoms with E-state index in [0.717, 1.165) is 50.5 Å². The number of nitrogens with one attached hydrogen (secondary N) is 1. The van der Waals surface area contributed by atoms with Crippen molar-refractivity contribution >= 4 is 11.7 Å². The van der Waals surface area contributed by atoms with E-state index >= 15 is 0 Å². The number of rotatable bonds is 9. The number of fused-ring (bicyclic) bond motifs is 1. The van der Waals surface area contributed by atoms with Crippen LogP contribution in [0.2, 0.25) is 0 Å². The maximum absolute atomic E-state index is 11.9. The molecule has 3 heterocycles. The molecule has 3 rings (SSSR count). The third kappa shape index (κ3) is 5.47. The molecule has 1 aromatic heterocycles. The van der Waals surface area contributed by atoms with Gasteiger partial charge in [0.15, 0.2) is 0 Å². The Balaban J connectivity index is 1.73. The van der Waals surface area contributed by atoms with Crippen molar-refractivity contribution in [2.75, 3.05) is 44.2 Å². The molecule has 1 saturated heterocycles. The predicted octanol–water partition coefficient (Wildman–Crippen LogP) is 2.55. The lowest BCUT2D eigenvalue weighted by atomic mass is 10.0. The van der Waals surface area contributed by atoms with Crippen LogP contribution in [0, 0.1) is 5.92 Å². The number of amides is 1. The van der Waals surface area contributed by atoms with Crippen LogP contribution in [0.3, 0.4) is 0 Å². The van der Waals surface area contributed by atoms with E-state index in [4.69, 9.17) is 14.7 Å². The molecule has 0 saturated carbocycles. The highest BCUT2D eigenvalue weighted by molar-refractivity contribution is 5.87. The Morgan fingerprint density at radius 2 is 2.07 bits per heavy atom. The lowest BCUT2D eigenvalue weighted by Gasteiger charge is -2.36. The van der Waals surface area contributed by atoms with Crippen LogP contribution in [0.5, 0.6) is 6.01 Å². The molecular formula is C22H35N5O2. The number of piperazine rings is 1. The highest BCUT2D eigenvalue weighted by Crippen LogP contribution is 2.27. The minimum absolute atomic E-state index is 0.000255. The number of carbonyl (C=O) groups is 1. The first-order valence-corrected chi connectivity index (χ1v) is 11.1. The number of unbranched alkanes of at least 4 members (excludes halogenated alkanes) is 1. The summed E-state index contributed by atoms with van der Waals surface area (Å²) in [6, 6.07) is 0.488. The summed E-state index contributed by atoms with van der Waals surface area (Å²) in [6.45, 7) is 13.3. The smallest absolute Gasteiger partial charge is 0.318 e. The molecule has 1 amide bonds. The molecule has 0 spiro atoms. The van der Waals surface area contributed by atoms with Gasteiger partial charge in [-0.05, 0) is 31.4 Å². The van der Waals surface area contributed by atoms with Crippen LogP contribution in [-0.2, 0) is 17.8 Å². The van der Waals surface area contributed by atoms with E-state index in [1.165, 1.54) is 30.9 Å². The number of nitrogens with zero attached hydrogens (tertiary/aromatic N) is 4. The van der Waals surface area contributed by atoms with Gasteiger partial charge in [-0.2, -0.15) is 9.97 Å². The molecule has 160 valence electrons. The average molecular weight is 402 g/mol. The molecule has 0 bridgehead atoms. The van der Waals surface area contributed by atoms with Crippen LogP contribution in [0.4, 0.5) is 5.82 Å². The molecule has 1 aromatic rings. The van der Waals surface area contributed by atoms with Crippen molar-refractivity contribution in [1.29, 1.82) is 0 Å². The molecule has 2 aliphatic heterocycles. The minimum atomic E-state index is 0.000255. The van der Waals surface area contributed by atoms with Gasteiger partial charge in [0, 0.05) is 38.3 Å². The molecule has 1 unspecified atom stereocenters. The third-order valence-corrected chi connectivity index (χ3v) is 5.95. The molecule has 7 heteroatoms. The third-order valence-electron chi connectivity index (χ3n) is 5.95. The average Bonchev–Trinajstić information content (AvgIpc) is 2.78. The molecular weight excluding hydrogens is 366 g/mol. The SMILES string of the molecule is C=CC(=O)N1CCN(c2nc(OCC(CC)CCCC)nc3c2CCNC3)CC1. The Morgan fingerprint density at radius 1 is 1.28 bits per heavy atom.